The van der Waals surface area contributed by atoms with Gasteiger partial charge in [0, 0.05) is 19.2 Å². The summed E-state index contributed by atoms with van der Waals surface area (Å²) in [6.07, 6.45) is 0. The minimum atomic E-state index is -0.168. The van der Waals surface area contributed by atoms with Gasteiger partial charge in [0.15, 0.2) is 6.61 Å². The van der Waals surface area contributed by atoms with E-state index in [2.05, 4.69) is 10.6 Å². The van der Waals surface area contributed by atoms with Gasteiger partial charge in [0.1, 0.15) is 5.75 Å². The zero-order valence-corrected chi connectivity index (χ0v) is 11.6. The van der Waals surface area contributed by atoms with E-state index in [0.717, 1.165) is 13.1 Å². The Kier molecular flexibility index (Phi) is 6.86. The molecule has 0 heterocycles. The smallest absolute Gasteiger partial charge is 0.257 e. The summed E-state index contributed by atoms with van der Waals surface area (Å²) < 4.78 is 5.29. The van der Waals surface area contributed by atoms with Crippen molar-refractivity contribution in [1.29, 1.82) is 0 Å². The molecule has 0 unspecified atom stereocenters. The van der Waals surface area contributed by atoms with Crippen LogP contribution in [0.3, 0.4) is 0 Å². The number of hydrogen-bond acceptors (Lipinski definition) is 3. The Morgan fingerprint density at radius 3 is 2.72 bits per heavy atom. The molecule has 0 aliphatic heterocycles. The molecule has 0 saturated heterocycles. The molecule has 6 heteroatoms. The Morgan fingerprint density at radius 2 is 2.06 bits per heavy atom. The van der Waals surface area contributed by atoms with E-state index >= 15 is 0 Å². The van der Waals surface area contributed by atoms with Crippen molar-refractivity contribution in [2.24, 2.45) is 0 Å². The summed E-state index contributed by atoms with van der Waals surface area (Å²) >= 11 is 11.6. The standard InChI is InChI=1S/C12H16Cl2N2O2/c1-2-15-5-6-16-12(17)8-18-9-3-4-10(13)11(14)7-9/h3-4,7,15H,2,5-6,8H2,1H3,(H,16,17). The molecule has 18 heavy (non-hydrogen) atoms. The molecule has 0 radical (unpaired) electrons. The van der Waals surface area contributed by atoms with Gasteiger partial charge in [0.05, 0.1) is 10.0 Å². The van der Waals surface area contributed by atoms with Crippen LogP contribution in [0.2, 0.25) is 10.0 Å². The van der Waals surface area contributed by atoms with Gasteiger partial charge in [-0.15, -0.1) is 0 Å². The molecular formula is C12H16Cl2N2O2. The van der Waals surface area contributed by atoms with Gasteiger partial charge in [-0.05, 0) is 18.7 Å². The molecule has 1 aromatic rings. The lowest BCUT2D eigenvalue weighted by Crippen LogP contribution is -2.34. The highest BCUT2D eigenvalue weighted by molar-refractivity contribution is 6.42. The fourth-order valence-corrected chi connectivity index (χ4v) is 1.52. The maximum atomic E-state index is 11.4. The van der Waals surface area contributed by atoms with Gasteiger partial charge in [-0.3, -0.25) is 4.79 Å². The topological polar surface area (TPSA) is 50.4 Å². The number of rotatable bonds is 7. The fraction of sp³-hybridized carbons (Fsp3) is 0.417. The van der Waals surface area contributed by atoms with E-state index in [1.807, 2.05) is 6.92 Å². The Hall–Kier alpha value is -0.970. The van der Waals surface area contributed by atoms with Gasteiger partial charge in [-0.1, -0.05) is 30.1 Å². The van der Waals surface area contributed by atoms with Crippen molar-refractivity contribution >= 4 is 29.1 Å². The summed E-state index contributed by atoms with van der Waals surface area (Å²) in [4.78, 5) is 11.4. The number of amides is 1. The lowest BCUT2D eigenvalue weighted by Gasteiger charge is -2.08. The molecule has 0 aromatic heterocycles. The van der Waals surface area contributed by atoms with Crippen molar-refractivity contribution in [2.75, 3.05) is 26.2 Å². The van der Waals surface area contributed by atoms with Crippen LogP contribution in [0.4, 0.5) is 0 Å². The summed E-state index contributed by atoms with van der Waals surface area (Å²) in [5.74, 6) is 0.352. The van der Waals surface area contributed by atoms with Gasteiger partial charge in [-0.25, -0.2) is 0 Å². The summed E-state index contributed by atoms with van der Waals surface area (Å²) in [6, 6.07) is 4.87. The number of benzene rings is 1. The fourth-order valence-electron chi connectivity index (χ4n) is 1.23. The highest BCUT2D eigenvalue weighted by Crippen LogP contribution is 2.26. The lowest BCUT2D eigenvalue weighted by molar-refractivity contribution is -0.123. The largest absolute Gasteiger partial charge is 0.484 e. The molecule has 100 valence electrons. The molecule has 0 aliphatic rings. The van der Waals surface area contributed by atoms with E-state index in [1.54, 1.807) is 18.2 Å². The van der Waals surface area contributed by atoms with Gasteiger partial charge >= 0.3 is 0 Å². The molecule has 1 rings (SSSR count). The second kappa shape index (κ2) is 8.19. The minimum Gasteiger partial charge on any atom is -0.484 e. The first-order chi connectivity index (χ1) is 8.63. The van der Waals surface area contributed by atoms with Crippen LogP contribution in [0.5, 0.6) is 5.75 Å². The van der Waals surface area contributed by atoms with Crippen LogP contribution >= 0.6 is 23.2 Å². The predicted octanol–water partition coefficient (Wildman–Crippen LogP) is 2.10. The SMILES string of the molecule is CCNCCNC(=O)COc1ccc(Cl)c(Cl)c1. The van der Waals surface area contributed by atoms with Gasteiger partial charge < -0.3 is 15.4 Å². The monoisotopic (exact) mass is 290 g/mol. The van der Waals surface area contributed by atoms with Crippen LogP contribution in [0.25, 0.3) is 0 Å². The number of nitrogens with one attached hydrogen (secondary N) is 2. The number of carbonyl (C=O) groups excluding carboxylic acids is 1. The molecular weight excluding hydrogens is 275 g/mol. The Morgan fingerprint density at radius 1 is 1.28 bits per heavy atom. The third-order valence-electron chi connectivity index (χ3n) is 2.13. The van der Waals surface area contributed by atoms with E-state index in [0.29, 0.717) is 22.3 Å². The average Bonchev–Trinajstić information content (AvgIpc) is 2.36. The van der Waals surface area contributed by atoms with Crippen molar-refractivity contribution in [3.63, 3.8) is 0 Å². The minimum absolute atomic E-state index is 0.0376. The van der Waals surface area contributed by atoms with E-state index < -0.39 is 0 Å². The Balaban J connectivity index is 2.27. The summed E-state index contributed by atoms with van der Waals surface area (Å²) in [6.45, 7) is 4.18. The number of hydrogen-bond donors (Lipinski definition) is 2. The normalized spacial score (nSPS) is 10.2. The van der Waals surface area contributed by atoms with Crippen LogP contribution in [-0.2, 0) is 4.79 Å². The second-order valence-electron chi connectivity index (χ2n) is 3.57. The first kappa shape index (κ1) is 15.1. The zero-order chi connectivity index (χ0) is 13.4. The number of carbonyl (C=O) groups is 1. The van der Waals surface area contributed by atoms with Gasteiger partial charge in [0.25, 0.3) is 5.91 Å². The van der Waals surface area contributed by atoms with Crippen molar-refractivity contribution in [3.8, 4) is 5.75 Å². The number of likely N-dealkylation sites (N-methyl/N-ethyl adjacent to an activating group) is 1. The van der Waals surface area contributed by atoms with E-state index in [1.165, 1.54) is 0 Å². The van der Waals surface area contributed by atoms with E-state index in [-0.39, 0.29) is 12.5 Å². The van der Waals surface area contributed by atoms with E-state index in [4.69, 9.17) is 27.9 Å². The molecule has 1 amide bonds. The highest BCUT2D eigenvalue weighted by Gasteiger charge is 2.04. The quantitative estimate of drug-likeness (QED) is 0.756. The highest BCUT2D eigenvalue weighted by atomic mass is 35.5. The van der Waals surface area contributed by atoms with Crippen molar-refractivity contribution in [1.82, 2.24) is 10.6 Å². The first-order valence-corrected chi connectivity index (χ1v) is 6.44. The van der Waals surface area contributed by atoms with Crippen LogP contribution < -0.4 is 15.4 Å². The predicted molar refractivity (Wildman–Crippen MR) is 73.5 cm³/mol. The maximum absolute atomic E-state index is 11.4. The Labute approximate surface area is 117 Å². The molecule has 0 fully saturated rings. The molecule has 4 nitrogen and oxygen atoms in total. The van der Waals surface area contributed by atoms with Crippen LogP contribution in [0, 0.1) is 0 Å². The molecule has 0 spiro atoms. The maximum Gasteiger partial charge on any atom is 0.257 e. The average molecular weight is 291 g/mol. The second-order valence-corrected chi connectivity index (χ2v) is 4.38. The van der Waals surface area contributed by atoms with Crippen molar-refractivity contribution in [2.45, 2.75) is 6.92 Å². The lowest BCUT2D eigenvalue weighted by atomic mass is 10.3. The first-order valence-electron chi connectivity index (χ1n) is 5.68. The molecule has 0 bridgehead atoms. The summed E-state index contributed by atoms with van der Waals surface area (Å²) in [5.41, 5.74) is 0. The summed E-state index contributed by atoms with van der Waals surface area (Å²) in [5, 5.41) is 6.69. The van der Waals surface area contributed by atoms with E-state index in [9.17, 15) is 4.79 Å². The van der Waals surface area contributed by atoms with Crippen LogP contribution in [-0.4, -0.2) is 32.1 Å². The van der Waals surface area contributed by atoms with Crippen molar-refractivity contribution < 1.29 is 9.53 Å². The third kappa shape index (κ3) is 5.58. The van der Waals surface area contributed by atoms with Gasteiger partial charge in [-0.2, -0.15) is 0 Å². The zero-order valence-electron chi connectivity index (χ0n) is 10.1. The third-order valence-corrected chi connectivity index (χ3v) is 2.87. The van der Waals surface area contributed by atoms with Crippen LogP contribution in [0.1, 0.15) is 6.92 Å². The molecule has 1 aromatic carbocycles. The number of ether oxygens (including phenoxy) is 1. The number of halogens is 2. The molecule has 0 atom stereocenters. The van der Waals surface area contributed by atoms with Crippen molar-refractivity contribution in [3.05, 3.63) is 28.2 Å². The van der Waals surface area contributed by atoms with Crippen LogP contribution in [0.15, 0.2) is 18.2 Å². The van der Waals surface area contributed by atoms with Gasteiger partial charge in [0.2, 0.25) is 0 Å². The Bertz CT molecular complexity index is 400. The molecule has 2 N–H and O–H groups in total. The molecule has 0 saturated carbocycles. The summed E-state index contributed by atoms with van der Waals surface area (Å²) in [7, 11) is 0. The molecule has 0 aliphatic carbocycles.